The van der Waals surface area contributed by atoms with Crippen molar-refractivity contribution in [2.75, 3.05) is 31.5 Å². The van der Waals surface area contributed by atoms with E-state index in [2.05, 4.69) is 20.9 Å². The number of halogens is 1. The highest BCUT2D eigenvalue weighted by Gasteiger charge is 2.18. The number of nitrogens with zero attached hydrogens (tertiary/aromatic N) is 2. The summed E-state index contributed by atoms with van der Waals surface area (Å²) in [5, 5.41) is 9.35. The molecule has 2 amide bonds. The van der Waals surface area contributed by atoms with Crippen LogP contribution in [-0.2, 0) is 11.3 Å². The predicted molar refractivity (Wildman–Crippen MR) is 132 cm³/mol. The Morgan fingerprint density at radius 3 is 2.65 bits per heavy atom. The Balaban J connectivity index is 0.00000341. The highest BCUT2D eigenvalue weighted by molar-refractivity contribution is 14.0. The van der Waals surface area contributed by atoms with Crippen LogP contribution in [0.2, 0.25) is 0 Å². The van der Waals surface area contributed by atoms with Crippen LogP contribution in [0.15, 0.2) is 52.1 Å². The zero-order valence-corrected chi connectivity index (χ0v) is 20.1. The highest BCUT2D eigenvalue weighted by atomic mass is 127. The lowest BCUT2D eigenvalue weighted by molar-refractivity contribution is -0.127. The van der Waals surface area contributed by atoms with Crippen LogP contribution >= 0.6 is 24.0 Å². The maximum absolute atomic E-state index is 12.0. The van der Waals surface area contributed by atoms with Gasteiger partial charge in [0.05, 0.1) is 12.8 Å². The number of amides is 2. The van der Waals surface area contributed by atoms with Gasteiger partial charge in [-0.3, -0.25) is 9.59 Å². The normalized spacial score (nSPS) is 13.6. The quantitative estimate of drug-likeness (QED) is 0.197. The summed E-state index contributed by atoms with van der Waals surface area (Å²) in [6, 6.07) is 10.9. The first-order valence-corrected chi connectivity index (χ1v) is 10.4. The van der Waals surface area contributed by atoms with Gasteiger partial charge in [0.15, 0.2) is 11.7 Å². The van der Waals surface area contributed by atoms with E-state index in [1.165, 1.54) is 6.26 Å². The minimum atomic E-state index is -0.278. The molecule has 1 aliphatic heterocycles. The molecular formula is C22H30IN5O3. The zero-order valence-electron chi connectivity index (χ0n) is 17.7. The molecule has 3 rings (SSSR count). The maximum Gasteiger partial charge on any atom is 0.291 e. The van der Waals surface area contributed by atoms with Gasteiger partial charge < -0.3 is 25.3 Å². The average molecular weight is 539 g/mol. The third-order valence-electron chi connectivity index (χ3n) is 4.79. The Labute approximate surface area is 199 Å². The van der Waals surface area contributed by atoms with Gasteiger partial charge in [-0.2, -0.15) is 0 Å². The van der Waals surface area contributed by atoms with Crippen molar-refractivity contribution in [3.63, 3.8) is 0 Å². The van der Waals surface area contributed by atoms with Gasteiger partial charge in [0.25, 0.3) is 5.91 Å². The van der Waals surface area contributed by atoms with Gasteiger partial charge in [0.2, 0.25) is 5.91 Å². The first-order chi connectivity index (χ1) is 14.7. The van der Waals surface area contributed by atoms with Crippen molar-refractivity contribution < 1.29 is 14.0 Å². The summed E-state index contributed by atoms with van der Waals surface area (Å²) in [6.45, 7) is 5.74. The number of benzene rings is 1. The summed E-state index contributed by atoms with van der Waals surface area (Å²) in [6.07, 6.45) is 4.02. The predicted octanol–water partition coefficient (Wildman–Crippen LogP) is 3.22. The Kier molecular flexibility index (Phi) is 10.3. The number of anilines is 1. The third-order valence-corrected chi connectivity index (χ3v) is 4.79. The van der Waals surface area contributed by atoms with Crippen LogP contribution in [0.4, 0.5) is 5.69 Å². The van der Waals surface area contributed by atoms with E-state index < -0.39 is 0 Å². The van der Waals surface area contributed by atoms with E-state index >= 15 is 0 Å². The molecule has 8 nitrogen and oxygen atoms in total. The first kappa shape index (κ1) is 24.7. The van der Waals surface area contributed by atoms with Crippen LogP contribution in [0.3, 0.4) is 0 Å². The molecule has 0 atom stereocenters. The fraction of sp³-hybridized carbons (Fsp3) is 0.409. The zero-order chi connectivity index (χ0) is 21.2. The van der Waals surface area contributed by atoms with E-state index in [9.17, 15) is 9.59 Å². The summed E-state index contributed by atoms with van der Waals surface area (Å²) in [4.78, 5) is 30.2. The Morgan fingerprint density at radius 1 is 1.19 bits per heavy atom. The van der Waals surface area contributed by atoms with Gasteiger partial charge in [-0.15, -0.1) is 24.0 Å². The molecule has 1 aliphatic rings. The minimum absolute atomic E-state index is 0. The standard InChI is InChI=1S/C22H29N5O3.HI/c1-2-23-22(24-12-5-14-27-13-3-7-20(27)28)25-16-17-8-10-18(11-9-17)26-21(29)19-6-4-15-30-19;/h4,6,8-11,15H,2-3,5,7,12-14,16H2,1H3,(H,26,29)(H2,23,24,25);1H. The lowest BCUT2D eigenvalue weighted by Gasteiger charge is -2.16. The number of carbonyl (C=O) groups excluding carboxylic acids is 2. The van der Waals surface area contributed by atoms with Crippen LogP contribution < -0.4 is 16.0 Å². The van der Waals surface area contributed by atoms with Crippen molar-refractivity contribution in [2.45, 2.75) is 32.7 Å². The van der Waals surface area contributed by atoms with Gasteiger partial charge in [-0.05, 0) is 49.6 Å². The monoisotopic (exact) mass is 539 g/mol. The van der Waals surface area contributed by atoms with Crippen molar-refractivity contribution in [1.82, 2.24) is 15.5 Å². The fourth-order valence-corrected chi connectivity index (χ4v) is 3.22. The lowest BCUT2D eigenvalue weighted by atomic mass is 10.2. The molecular weight excluding hydrogens is 509 g/mol. The van der Waals surface area contributed by atoms with E-state index in [4.69, 9.17) is 4.42 Å². The second-order valence-electron chi connectivity index (χ2n) is 7.09. The molecule has 1 saturated heterocycles. The second kappa shape index (κ2) is 13.0. The van der Waals surface area contributed by atoms with Gasteiger partial charge in [-0.25, -0.2) is 4.99 Å². The fourth-order valence-electron chi connectivity index (χ4n) is 3.22. The number of furan rings is 1. The number of carbonyl (C=O) groups is 2. The highest BCUT2D eigenvalue weighted by Crippen LogP contribution is 2.12. The van der Waals surface area contributed by atoms with Crippen LogP contribution in [0, 0.1) is 0 Å². The van der Waals surface area contributed by atoms with Crippen molar-refractivity contribution in [3.05, 3.63) is 54.0 Å². The smallest absolute Gasteiger partial charge is 0.291 e. The number of hydrogen-bond acceptors (Lipinski definition) is 4. The van der Waals surface area contributed by atoms with Crippen molar-refractivity contribution in [1.29, 1.82) is 0 Å². The minimum Gasteiger partial charge on any atom is -0.459 e. The van der Waals surface area contributed by atoms with Crippen molar-refractivity contribution in [2.24, 2.45) is 4.99 Å². The van der Waals surface area contributed by atoms with Gasteiger partial charge in [0.1, 0.15) is 0 Å². The molecule has 0 radical (unpaired) electrons. The first-order valence-electron chi connectivity index (χ1n) is 10.4. The number of nitrogens with one attached hydrogen (secondary N) is 3. The lowest BCUT2D eigenvalue weighted by Crippen LogP contribution is -2.39. The number of hydrogen-bond donors (Lipinski definition) is 3. The Bertz CT molecular complexity index is 853. The molecule has 0 spiro atoms. The van der Waals surface area contributed by atoms with Crippen LogP contribution in [0.1, 0.15) is 42.3 Å². The summed E-state index contributed by atoms with van der Waals surface area (Å²) >= 11 is 0. The molecule has 31 heavy (non-hydrogen) atoms. The topological polar surface area (TPSA) is 99.0 Å². The number of aliphatic imine (C=N–C) groups is 1. The Hall–Kier alpha value is -2.56. The van der Waals surface area contributed by atoms with Gasteiger partial charge in [0, 0.05) is 38.3 Å². The molecule has 0 unspecified atom stereocenters. The Morgan fingerprint density at radius 2 is 2.00 bits per heavy atom. The largest absolute Gasteiger partial charge is 0.459 e. The number of rotatable bonds is 9. The summed E-state index contributed by atoms with van der Waals surface area (Å²) in [5.41, 5.74) is 1.73. The molecule has 1 aromatic carbocycles. The molecule has 2 aromatic rings. The van der Waals surface area contributed by atoms with Crippen molar-refractivity contribution >= 4 is 47.4 Å². The molecule has 1 fully saturated rings. The maximum atomic E-state index is 12.0. The number of guanidine groups is 1. The van der Waals surface area contributed by atoms with Gasteiger partial charge >= 0.3 is 0 Å². The molecule has 1 aromatic heterocycles. The SMILES string of the molecule is CCNC(=NCc1ccc(NC(=O)c2ccco2)cc1)NCCCN1CCCC1=O.I. The molecule has 168 valence electrons. The summed E-state index contributed by atoms with van der Waals surface area (Å²) in [5.74, 6) is 1.01. The molecule has 0 bridgehead atoms. The molecule has 3 N–H and O–H groups in total. The van der Waals surface area contributed by atoms with E-state index in [1.54, 1.807) is 12.1 Å². The summed E-state index contributed by atoms with van der Waals surface area (Å²) < 4.78 is 5.09. The average Bonchev–Trinajstić information content (AvgIpc) is 3.42. The van der Waals surface area contributed by atoms with Crippen molar-refractivity contribution in [3.8, 4) is 0 Å². The van der Waals surface area contributed by atoms with E-state index in [1.807, 2.05) is 36.1 Å². The van der Waals surface area contributed by atoms with E-state index in [-0.39, 0.29) is 41.6 Å². The van der Waals surface area contributed by atoms with E-state index in [0.717, 1.165) is 50.5 Å². The van der Waals surface area contributed by atoms with E-state index in [0.29, 0.717) is 18.7 Å². The number of likely N-dealkylation sites (tertiary alicyclic amines) is 1. The van der Waals surface area contributed by atoms with Crippen LogP contribution in [-0.4, -0.2) is 48.9 Å². The third kappa shape index (κ3) is 7.89. The van der Waals surface area contributed by atoms with Crippen LogP contribution in [0.5, 0.6) is 0 Å². The van der Waals surface area contributed by atoms with Crippen LogP contribution in [0.25, 0.3) is 0 Å². The molecule has 9 heteroatoms. The molecule has 2 heterocycles. The summed E-state index contributed by atoms with van der Waals surface area (Å²) in [7, 11) is 0. The van der Waals surface area contributed by atoms with Gasteiger partial charge in [-0.1, -0.05) is 12.1 Å². The molecule has 0 aliphatic carbocycles. The second-order valence-corrected chi connectivity index (χ2v) is 7.09. The molecule has 0 saturated carbocycles.